The summed E-state index contributed by atoms with van der Waals surface area (Å²) in [5, 5.41) is 0. The van der Waals surface area contributed by atoms with Gasteiger partial charge in [-0.15, -0.1) is 0 Å². The SMILES string of the molecule is CCCc1cccc(C(=O)C(C)(C)CN)c1. The first-order chi connectivity index (χ1) is 7.51. The van der Waals surface area contributed by atoms with E-state index in [1.807, 2.05) is 32.0 Å². The summed E-state index contributed by atoms with van der Waals surface area (Å²) >= 11 is 0. The molecule has 0 aromatic heterocycles. The first-order valence-corrected chi connectivity index (χ1v) is 5.85. The van der Waals surface area contributed by atoms with Crippen LogP contribution >= 0.6 is 0 Å². The first kappa shape index (κ1) is 12.9. The predicted molar refractivity (Wildman–Crippen MR) is 67.6 cm³/mol. The van der Waals surface area contributed by atoms with Crippen LogP contribution < -0.4 is 5.73 Å². The van der Waals surface area contributed by atoms with Gasteiger partial charge in [-0.25, -0.2) is 0 Å². The van der Waals surface area contributed by atoms with Crippen molar-refractivity contribution in [3.05, 3.63) is 35.4 Å². The summed E-state index contributed by atoms with van der Waals surface area (Å²) in [6.45, 7) is 6.30. The van der Waals surface area contributed by atoms with Gasteiger partial charge in [-0.1, -0.05) is 45.4 Å². The number of aryl methyl sites for hydroxylation is 1. The predicted octanol–water partition coefficient (Wildman–Crippen LogP) is 2.81. The second kappa shape index (κ2) is 5.26. The van der Waals surface area contributed by atoms with E-state index in [9.17, 15) is 4.79 Å². The van der Waals surface area contributed by atoms with Crippen molar-refractivity contribution >= 4 is 5.78 Å². The molecule has 0 fully saturated rings. The molecule has 0 spiro atoms. The topological polar surface area (TPSA) is 43.1 Å². The van der Waals surface area contributed by atoms with Crippen LogP contribution in [0.3, 0.4) is 0 Å². The molecule has 0 radical (unpaired) electrons. The lowest BCUT2D eigenvalue weighted by Gasteiger charge is -2.20. The Labute approximate surface area is 97.9 Å². The van der Waals surface area contributed by atoms with Crippen molar-refractivity contribution in [2.45, 2.75) is 33.6 Å². The number of Topliss-reactive ketones (excluding diaryl/α,β-unsaturated/α-hetero) is 1. The Balaban J connectivity index is 2.96. The zero-order valence-corrected chi connectivity index (χ0v) is 10.4. The monoisotopic (exact) mass is 219 g/mol. The fraction of sp³-hybridized carbons (Fsp3) is 0.500. The van der Waals surface area contributed by atoms with Gasteiger partial charge in [-0.3, -0.25) is 4.79 Å². The molecule has 0 amide bonds. The molecule has 2 N–H and O–H groups in total. The van der Waals surface area contributed by atoms with Crippen molar-refractivity contribution < 1.29 is 4.79 Å². The molecule has 0 heterocycles. The summed E-state index contributed by atoms with van der Waals surface area (Å²) in [5.41, 5.74) is 7.16. The molecule has 0 saturated carbocycles. The van der Waals surface area contributed by atoms with E-state index < -0.39 is 5.41 Å². The maximum atomic E-state index is 12.2. The Bertz CT molecular complexity index is 369. The summed E-state index contributed by atoms with van der Waals surface area (Å²) in [6, 6.07) is 7.88. The summed E-state index contributed by atoms with van der Waals surface area (Å²) in [4.78, 5) is 12.2. The van der Waals surface area contributed by atoms with Crippen molar-refractivity contribution in [2.75, 3.05) is 6.54 Å². The number of carbonyl (C=O) groups is 1. The van der Waals surface area contributed by atoms with Crippen LogP contribution in [-0.2, 0) is 6.42 Å². The fourth-order valence-corrected chi connectivity index (χ4v) is 1.64. The smallest absolute Gasteiger partial charge is 0.169 e. The van der Waals surface area contributed by atoms with E-state index in [-0.39, 0.29) is 5.78 Å². The first-order valence-electron chi connectivity index (χ1n) is 5.85. The number of hydrogen-bond acceptors (Lipinski definition) is 2. The van der Waals surface area contributed by atoms with Crippen LogP contribution in [0.2, 0.25) is 0 Å². The normalized spacial score (nSPS) is 11.5. The minimum absolute atomic E-state index is 0.132. The zero-order valence-electron chi connectivity index (χ0n) is 10.4. The number of carbonyl (C=O) groups excluding carboxylic acids is 1. The van der Waals surface area contributed by atoms with Gasteiger partial charge in [0.1, 0.15) is 0 Å². The summed E-state index contributed by atoms with van der Waals surface area (Å²) in [5.74, 6) is 0.132. The molecule has 2 heteroatoms. The average Bonchev–Trinajstić information content (AvgIpc) is 2.29. The van der Waals surface area contributed by atoms with Gasteiger partial charge >= 0.3 is 0 Å². The third-order valence-electron chi connectivity index (χ3n) is 2.85. The van der Waals surface area contributed by atoms with E-state index in [4.69, 9.17) is 5.73 Å². The van der Waals surface area contributed by atoms with Crippen molar-refractivity contribution in [3.8, 4) is 0 Å². The Kier molecular flexibility index (Phi) is 4.25. The molecule has 1 aromatic rings. The quantitative estimate of drug-likeness (QED) is 0.774. The molecule has 88 valence electrons. The molecule has 0 saturated heterocycles. The van der Waals surface area contributed by atoms with Crippen LogP contribution in [0.5, 0.6) is 0 Å². The average molecular weight is 219 g/mol. The molecule has 1 aromatic carbocycles. The maximum absolute atomic E-state index is 12.2. The maximum Gasteiger partial charge on any atom is 0.169 e. The van der Waals surface area contributed by atoms with Crippen LogP contribution in [-0.4, -0.2) is 12.3 Å². The number of benzene rings is 1. The number of hydrogen-bond donors (Lipinski definition) is 1. The molecule has 1 rings (SSSR count). The van der Waals surface area contributed by atoms with Gasteiger partial charge < -0.3 is 5.73 Å². The van der Waals surface area contributed by atoms with Crippen LogP contribution in [0.15, 0.2) is 24.3 Å². The molecule has 0 aliphatic heterocycles. The highest BCUT2D eigenvalue weighted by Gasteiger charge is 2.26. The van der Waals surface area contributed by atoms with Crippen molar-refractivity contribution in [1.82, 2.24) is 0 Å². The highest BCUT2D eigenvalue weighted by Crippen LogP contribution is 2.21. The van der Waals surface area contributed by atoms with E-state index in [1.165, 1.54) is 5.56 Å². The highest BCUT2D eigenvalue weighted by molar-refractivity contribution is 6.00. The molecule has 2 nitrogen and oxygen atoms in total. The molecule has 0 atom stereocenters. The van der Waals surface area contributed by atoms with E-state index >= 15 is 0 Å². The largest absolute Gasteiger partial charge is 0.329 e. The van der Waals surface area contributed by atoms with E-state index in [0.29, 0.717) is 6.54 Å². The van der Waals surface area contributed by atoms with Gasteiger partial charge in [-0.2, -0.15) is 0 Å². The molecular formula is C14H21NO. The second-order valence-electron chi connectivity index (χ2n) is 4.87. The van der Waals surface area contributed by atoms with Gasteiger partial charge in [0.15, 0.2) is 5.78 Å². The number of nitrogens with two attached hydrogens (primary N) is 1. The summed E-state index contributed by atoms with van der Waals surface area (Å²) in [6.07, 6.45) is 2.11. The third kappa shape index (κ3) is 2.92. The molecule has 0 aliphatic rings. The standard InChI is InChI=1S/C14H21NO/c1-4-6-11-7-5-8-12(9-11)13(16)14(2,3)10-15/h5,7-9H,4,6,10,15H2,1-3H3. The molecular weight excluding hydrogens is 198 g/mol. The van der Waals surface area contributed by atoms with Gasteiger partial charge in [0.05, 0.1) is 0 Å². The lowest BCUT2D eigenvalue weighted by atomic mass is 9.84. The van der Waals surface area contributed by atoms with Crippen molar-refractivity contribution in [1.29, 1.82) is 0 Å². The number of ketones is 1. The molecule has 16 heavy (non-hydrogen) atoms. The van der Waals surface area contributed by atoms with Gasteiger partial charge in [0.2, 0.25) is 0 Å². The minimum atomic E-state index is -0.467. The van der Waals surface area contributed by atoms with Crippen molar-refractivity contribution in [2.24, 2.45) is 11.1 Å². The summed E-state index contributed by atoms with van der Waals surface area (Å²) < 4.78 is 0. The lowest BCUT2D eigenvalue weighted by molar-refractivity contribution is 0.0847. The van der Waals surface area contributed by atoms with Crippen LogP contribution in [0, 0.1) is 5.41 Å². The fourth-order valence-electron chi connectivity index (χ4n) is 1.64. The van der Waals surface area contributed by atoms with Gasteiger partial charge in [0, 0.05) is 17.5 Å². The van der Waals surface area contributed by atoms with Crippen LogP contribution in [0.1, 0.15) is 43.1 Å². The highest BCUT2D eigenvalue weighted by atomic mass is 16.1. The molecule has 0 unspecified atom stereocenters. The molecule has 0 bridgehead atoms. The molecule has 0 aliphatic carbocycles. The Morgan fingerprint density at radius 1 is 1.38 bits per heavy atom. The summed E-state index contributed by atoms with van der Waals surface area (Å²) in [7, 11) is 0. The Morgan fingerprint density at radius 2 is 2.06 bits per heavy atom. The zero-order chi connectivity index (χ0) is 12.2. The van der Waals surface area contributed by atoms with Gasteiger partial charge in [0.25, 0.3) is 0 Å². The van der Waals surface area contributed by atoms with Crippen molar-refractivity contribution in [3.63, 3.8) is 0 Å². The number of rotatable bonds is 5. The minimum Gasteiger partial charge on any atom is -0.329 e. The Morgan fingerprint density at radius 3 is 2.62 bits per heavy atom. The van der Waals surface area contributed by atoms with Crippen LogP contribution in [0.4, 0.5) is 0 Å². The lowest BCUT2D eigenvalue weighted by Crippen LogP contribution is -2.32. The van der Waals surface area contributed by atoms with Gasteiger partial charge in [-0.05, 0) is 18.1 Å². The second-order valence-corrected chi connectivity index (χ2v) is 4.87. The third-order valence-corrected chi connectivity index (χ3v) is 2.85. The van der Waals surface area contributed by atoms with Crippen LogP contribution in [0.25, 0.3) is 0 Å². The van der Waals surface area contributed by atoms with E-state index in [0.717, 1.165) is 18.4 Å². The Hall–Kier alpha value is -1.15. The van der Waals surface area contributed by atoms with E-state index in [2.05, 4.69) is 13.0 Å². The van der Waals surface area contributed by atoms with E-state index in [1.54, 1.807) is 0 Å².